The van der Waals surface area contributed by atoms with E-state index in [0.717, 1.165) is 19.6 Å². The second-order valence-corrected chi connectivity index (χ2v) is 7.56. The van der Waals surface area contributed by atoms with E-state index in [9.17, 15) is 9.90 Å². The highest BCUT2D eigenvalue weighted by molar-refractivity contribution is 5.68. The van der Waals surface area contributed by atoms with Crippen molar-refractivity contribution in [3.63, 3.8) is 0 Å². The minimum atomic E-state index is -0.500. The maximum atomic E-state index is 12.4. The molecular formula is C19H30N2O3. The van der Waals surface area contributed by atoms with Crippen LogP contribution in [-0.2, 0) is 11.3 Å². The summed E-state index contributed by atoms with van der Waals surface area (Å²) in [5, 5.41) is 9.37. The lowest BCUT2D eigenvalue weighted by molar-refractivity contribution is -0.00610. The summed E-state index contributed by atoms with van der Waals surface area (Å²) in [6.45, 7) is 10.9. The fraction of sp³-hybridized carbons (Fsp3) is 0.632. The molecule has 5 nitrogen and oxygen atoms in total. The molecule has 0 aliphatic carbocycles. The van der Waals surface area contributed by atoms with Crippen molar-refractivity contribution in [2.45, 2.75) is 52.3 Å². The van der Waals surface area contributed by atoms with E-state index in [0.29, 0.717) is 13.0 Å². The monoisotopic (exact) mass is 334 g/mol. The van der Waals surface area contributed by atoms with E-state index in [1.54, 1.807) is 4.90 Å². The van der Waals surface area contributed by atoms with Crippen LogP contribution in [0, 0.1) is 6.92 Å². The maximum Gasteiger partial charge on any atom is 0.410 e. The van der Waals surface area contributed by atoms with Gasteiger partial charge in [0, 0.05) is 38.8 Å². The molecule has 1 heterocycles. The van der Waals surface area contributed by atoms with Crippen molar-refractivity contribution in [2.24, 2.45) is 0 Å². The Bertz CT molecular complexity index is 554. The number of ether oxygens (including phenoxy) is 1. The summed E-state index contributed by atoms with van der Waals surface area (Å²) in [5.74, 6) is 0. The van der Waals surface area contributed by atoms with Crippen molar-refractivity contribution in [3.05, 3.63) is 35.4 Å². The molecule has 1 atom stereocenters. The Morgan fingerprint density at radius 1 is 1.33 bits per heavy atom. The molecule has 2 rings (SSSR count). The number of aryl methyl sites for hydroxylation is 1. The Morgan fingerprint density at radius 3 is 2.71 bits per heavy atom. The summed E-state index contributed by atoms with van der Waals surface area (Å²) < 4.78 is 5.51. The molecular weight excluding hydrogens is 304 g/mol. The van der Waals surface area contributed by atoms with Crippen LogP contribution in [0.15, 0.2) is 24.3 Å². The van der Waals surface area contributed by atoms with Crippen molar-refractivity contribution in [1.82, 2.24) is 9.80 Å². The number of piperazine rings is 1. The highest BCUT2D eigenvalue weighted by Crippen LogP contribution is 2.19. The third-order valence-corrected chi connectivity index (χ3v) is 4.15. The number of hydrogen-bond donors (Lipinski definition) is 1. The number of benzene rings is 1. The molecule has 0 radical (unpaired) electrons. The summed E-state index contributed by atoms with van der Waals surface area (Å²) in [6.07, 6.45) is 0.292. The predicted octanol–water partition coefficient (Wildman–Crippen LogP) is 2.80. The zero-order valence-corrected chi connectivity index (χ0v) is 15.3. The quantitative estimate of drug-likeness (QED) is 0.920. The molecule has 1 unspecified atom stereocenters. The zero-order chi connectivity index (χ0) is 17.7. The highest BCUT2D eigenvalue weighted by atomic mass is 16.6. The fourth-order valence-electron chi connectivity index (χ4n) is 3.09. The van der Waals surface area contributed by atoms with Gasteiger partial charge < -0.3 is 14.7 Å². The molecule has 1 aliphatic rings. The SMILES string of the molecule is Cc1cccc(CN2CCN(C(=O)OC(C)(C)C)C(CCO)C2)c1. The number of hydrogen-bond acceptors (Lipinski definition) is 4. The number of amides is 1. The minimum Gasteiger partial charge on any atom is -0.444 e. The molecule has 0 spiro atoms. The van der Waals surface area contributed by atoms with Gasteiger partial charge in [-0.1, -0.05) is 29.8 Å². The number of carbonyl (C=O) groups is 1. The summed E-state index contributed by atoms with van der Waals surface area (Å²) in [6, 6.07) is 8.49. The van der Waals surface area contributed by atoms with Crippen molar-refractivity contribution in [3.8, 4) is 0 Å². The van der Waals surface area contributed by atoms with Gasteiger partial charge in [-0.15, -0.1) is 0 Å². The lowest BCUT2D eigenvalue weighted by Crippen LogP contribution is -2.56. The van der Waals surface area contributed by atoms with Gasteiger partial charge in [-0.25, -0.2) is 4.79 Å². The van der Waals surface area contributed by atoms with Crippen molar-refractivity contribution < 1.29 is 14.6 Å². The lowest BCUT2D eigenvalue weighted by Gasteiger charge is -2.41. The third kappa shape index (κ3) is 5.49. The Balaban J connectivity index is 2.00. The molecule has 1 N–H and O–H groups in total. The predicted molar refractivity (Wildman–Crippen MR) is 94.9 cm³/mol. The Kier molecular flexibility index (Phi) is 6.24. The second kappa shape index (κ2) is 7.99. The zero-order valence-electron chi connectivity index (χ0n) is 15.3. The van der Waals surface area contributed by atoms with Crippen molar-refractivity contribution in [2.75, 3.05) is 26.2 Å². The van der Waals surface area contributed by atoms with Gasteiger partial charge in [0.2, 0.25) is 0 Å². The van der Waals surface area contributed by atoms with Crippen LogP contribution in [0.4, 0.5) is 4.79 Å². The average Bonchev–Trinajstić information content (AvgIpc) is 2.46. The van der Waals surface area contributed by atoms with Crippen LogP contribution in [0.1, 0.15) is 38.3 Å². The van der Waals surface area contributed by atoms with Crippen LogP contribution in [0.25, 0.3) is 0 Å². The van der Waals surface area contributed by atoms with E-state index in [2.05, 4.69) is 36.1 Å². The van der Waals surface area contributed by atoms with E-state index in [1.165, 1.54) is 11.1 Å². The molecule has 1 aromatic rings. The average molecular weight is 334 g/mol. The third-order valence-electron chi connectivity index (χ3n) is 4.15. The first-order valence-corrected chi connectivity index (χ1v) is 8.67. The van der Waals surface area contributed by atoms with Gasteiger partial charge in [0.1, 0.15) is 5.60 Å². The number of aliphatic hydroxyl groups excluding tert-OH is 1. The minimum absolute atomic E-state index is 0.0107. The Labute approximate surface area is 145 Å². The molecule has 1 amide bonds. The van der Waals surface area contributed by atoms with Gasteiger partial charge in [0.05, 0.1) is 0 Å². The number of nitrogens with zero attached hydrogens (tertiary/aromatic N) is 2. The summed E-state index contributed by atoms with van der Waals surface area (Å²) in [7, 11) is 0. The van der Waals surface area contributed by atoms with E-state index in [4.69, 9.17) is 4.74 Å². The van der Waals surface area contributed by atoms with Gasteiger partial charge in [0.25, 0.3) is 0 Å². The Hall–Kier alpha value is -1.59. The fourth-order valence-corrected chi connectivity index (χ4v) is 3.09. The number of aliphatic hydroxyl groups is 1. The van der Waals surface area contributed by atoms with Crippen LogP contribution in [0.3, 0.4) is 0 Å². The molecule has 0 saturated carbocycles. The van der Waals surface area contributed by atoms with Gasteiger partial charge >= 0.3 is 6.09 Å². The van der Waals surface area contributed by atoms with E-state index < -0.39 is 5.60 Å². The maximum absolute atomic E-state index is 12.4. The van der Waals surface area contributed by atoms with Crippen LogP contribution in [0.2, 0.25) is 0 Å². The van der Waals surface area contributed by atoms with E-state index >= 15 is 0 Å². The van der Waals surface area contributed by atoms with Crippen molar-refractivity contribution in [1.29, 1.82) is 0 Å². The number of rotatable bonds is 4. The molecule has 1 saturated heterocycles. The molecule has 134 valence electrons. The van der Waals surface area contributed by atoms with Crippen molar-refractivity contribution >= 4 is 6.09 Å². The van der Waals surface area contributed by atoms with Crippen LogP contribution >= 0.6 is 0 Å². The van der Waals surface area contributed by atoms with Crippen LogP contribution in [-0.4, -0.2) is 58.9 Å². The Morgan fingerprint density at radius 2 is 2.08 bits per heavy atom. The topological polar surface area (TPSA) is 53.0 Å². The van der Waals surface area contributed by atoms with E-state index in [-0.39, 0.29) is 18.7 Å². The van der Waals surface area contributed by atoms with Gasteiger partial charge in [-0.3, -0.25) is 4.90 Å². The number of carbonyl (C=O) groups excluding carboxylic acids is 1. The second-order valence-electron chi connectivity index (χ2n) is 7.56. The molecule has 1 fully saturated rings. The first-order chi connectivity index (χ1) is 11.3. The molecule has 1 aliphatic heterocycles. The highest BCUT2D eigenvalue weighted by Gasteiger charge is 2.32. The molecule has 0 bridgehead atoms. The van der Waals surface area contributed by atoms with E-state index in [1.807, 2.05) is 20.8 Å². The van der Waals surface area contributed by atoms with Gasteiger partial charge in [-0.05, 0) is 39.7 Å². The first-order valence-electron chi connectivity index (χ1n) is 8.67. The molecule has 5 heteroatoms. The molecule has 24 heavy (non-hydrogen) atoms. The van der Waals surface area contributed by atoms with Crippen LogP contribution in [0.5, 0.6) is 0 Å². The van der Waals surface area contributed by atoms with Crippen LogP contribution < -0.4 is 0 Å². The van der Waals surface area contributed by atoms with Gasteiger partial charge in [-0.2, -0.15) is 0 Å². The standard InChI is InChI=1S/C19H30N2O3/c1-15-6-5-7-16(12-15)13-20-9-10-21(17(14-20)8-11-22)18(23)24-19(2,3)4/h5-7,12,17,22H,8-11,13-14H2,1-4H3. The lowest BCUT2D eigenvalue weighted by atomic mass is 10.1. The summed E-state index contributed by atoms with van der Waals surface area (Å²) in [5.41, 5.74) is 2.04. The van der Waals surface area contributed by atoms with Gasteiger partial charge in [0.15, 0.2) is 0 Å². The molecule has 0 aromatic heterocycles. The smallest absolute Gasteiger partial charge is 0.410 e. The summed E-state index contributed by atoms with van der Waals surface area (Å²) >= 11 is 0. The molecule has 1 aromatic carbocycles. The normalized spacial score (nSPS) is 19.4. The first kappa shape index (κ1) is 18.7. The largest absolute Gasteiger partial charge is 0.444 e. The summed E-state index contributed by atoms with van der Waals surface area (Å²) in [4.78, 5) is 16.5.